The summed E-state index contributed by atoms with van der Waals surface area (Å²) in [5.74, 6) is -1.78. The molecule has 3 atom stereocenters. The molecule has 1 aromatic heterocycles. The van der Waals surface area contributed by atoms with E-state index in [1.54, 1.807) is 12.3 Å². The number of halogens is 2. The molecule has 196 valence electrons. The molecule has 1 saturated heterocycles. The standard InChI is InChI=1S/C25H33F2N5O2S2/c1-6-16(4)23(34-20-10-9-18(32-36(5)33)21(26)22(20)27)24(35-15(2)3)19-11-13-29-25(31-19)30-17-8-7-12-28-14-17/h9-11,13,16-17,28,32H,2,6-8,12,14H2,1,3-5H3,(H,29,30,31)/b24-23+. The Kier molecular flexibility index (Phi) is 10.3. The zero-order chi connectivity index (χ0) is 26.2. The maximum Gasteiger partial charge on any atom is 0.223 e. The summed E-state index contributed by atoms with van der Waals surface area (Å²) < 4.78 is 49.5. The molecule has 1 aliphatic heterocycles. The lowest BCUT2D eigenvalue weighted by molar-refractivity contribution is 0.333. The molecule has 36 heavy (non-hydrogen) atoms. The van der Waals surface area contributed by atoms with Crippen LogP contribution in [0.5, 0.6) is 5.75 Å². The van der Waals surface area contributed by atoms with Crippen molar-refractivity contribution in [3.8, 4) is 5.75 Å². The van der Waals surface area contributed by atoms with Crippen LogP contribution in [0.2, 0.25) is 0 Å². The molecular weight excluding hydrogens is 504 g/mol. The minimum atomic E-state index is -1.55. The van der Waals surface area contributed by atoms with Crippen molar-refractivity contribution >= 4 is 39.3 Å². The SMILES string of the molecule is C=C(C)S/C(=C(/Oc1ccc(NS(C)=O)c(F)c1F)C(C)CC)c1ccnc(NC2CCCNC2)n1. The fraction of sp³-hybridized carbons (Fsp3) is 0.440. The number of rotatable bonds is 11. The minimum absolute atomic E-state index is 0.135. The molecular formula is C25H33F2N5O2S2. The van der Waals surface area contributed by atoms with Crippen molar-refractivity contribution in [1.29, 1.82) is 0 Å². The van der Waals surface area contributed by atoms with Gasteiger partial charge in [-0.1, -0.05) is 32.2 Å². The van der Waals surface area contributed by atoms with Crippen LogP contribution >= 0.6 is 11.8 Å². The summed E-state index contributed by atoms with van der Waals surface area (Å²) in [5.41, 5.74) is 0.398. The van der Waals surface area contributed by atoms with Gasteiger partial charge in [-0.05, 0) is 55.8 Å². The summed E-state index contributed by atoms with van der Waals surface area (Å²) in [6.45, 7) is 11.6. The summed E-state index contributed by atoms with van der Waals surface area (Å²) in [7, 11) is -1.55. The number of anilines is 2. The van der Waals surface area contributed by atoms with Crippen LogP contribution in [0.15, 0.2) is 41.6 Å². The Morgan fingerprint density at radius 2 is 2.14 bits per heavy atom. The van der Waals surface area contributed by atoms with Crippen LogP contribution in [0.4, 0.5) is 20.4 Å². The van der Waals surface area contributed by atoms with Crippen LogP contribution in [0.25, 0.3) is 4.91 Å². The van der Waals surface area contributed by atoms with Crippen molar-refractivity contribution in [2.45, 2.75) is 46.1 Å². The highest BCUT2D eigenvalue weighted by molar-refractivity contribution is 8.11. The Morgan fingerprint density at radius 3 is 2.78 bits per heavy atom. The highest BCUT2D eigenvalue weighted by Crippen LogP contribution is 2.40. The number of allylic oxidation sites excluding steroid dienone is 2. The average molecular weight is 538 g/mol. The van der Waals surface area contributed by atoms with Crippen molar-refractivity contribution < 1.29 is 17.7 Å². The zero-order valence-corrected chi connectivity index (χ0v) is 22.6. The Labute approximate surface area is 218 Å². The van der Waals surface area contributed by atoms with E-state index in [2.05, 4.69) is 26.9 Å². The van der Waals surface area contributed by atoms with Gasteiger partial charge in [0.05, 0.1) is 16.3 Å². The number of ether oxygens (including phenoxy) is 1. The van der Waals surface area contributed by atoms with E-state index in [-0.39, 0.29) is 23.4 Å². The number of piperidine rings is 1. The molecule has 0 aliphatic carbocycles. The highest BCUT2D eigenvalue weighted by atomic mass is 32.2. The van der Waals surface area contributed by atoms with E-state index in [4.69, 9.17) is 9.72 Å². The number of aromatic nitrogens is 2. The fourth-order valence-corrected chi connectivity index (χ4v) is 5.01. The van der Waals surface area contributed by atoms with Crippen LogP contribution < -0.4 is 20.1 Å². The second-order valence-corrected chi connectivity index (χ2v) is 11.1. The fourth-order valence-electron chi connectivity index (χ4n) is 3.63. The first-order valence-electron chi connectivity index (χ1n) is 11.8. The van der Waals surface area contributed by atoms with Crippen molar-refractivity contribution in [2.75, 3.05) is 29.4 Å². The molecule has 11 heteroatoms. The topological polar surface area (TPSA) is 88.2 Å². The Bertz CT molecular complexity index is 1140. The first-order valence-corrected chi connectivity index (χ1v) is 14.2. The van der Waals surface area contributed by atoms with Crippen molar-refractivity contribution in [3.05, 3.63) is 59.0 Å². The van der Waals surface area contributed by atoms with Gasteiger partial charge in [0.1, 0.15) is 16.7 Å². The number of nitrogens with one attached hydrogen (secondary N) is 3. The molecule has 0 saturated carbocycles. The van der Waals surface area contributed by atoms with E-state index in [9.17, 15) is 13.0 Å². The maximum atomic E-state index is 15.0. The molecule has 1 fully saturated rings. The number of thioether (sulfide) groups is 1. The van der Waals surface area contributed by atoms with Gasteiger partial charge in [-0.3, -0.25) is 0 Å². The summed E-state index contributed by atoms with van der Waals surface area (Å²) in [6, 6.07) is 4.62. The first kappa shape index (κ1) is 28.1. The Hall–Kier alpha value is -2.50. The van der Waals surface area contributed by atoms with E-state index in [1.165, 1.54) is 30.2 Å². The number of benzene rings is 1. The lowest BCUT2D eigenvalue weighted by Gasteiger charge is -2.24. The van der Waals surface area contributed by atoms with Crippen molar-refractivity contribution in [2.24, 2.45) is 5.92 Å². The predicted molar refractivity (Wildman–Crippen MR) is 145 cm³/mol. The summed E-state index contributed by atoms with van der Waals surface area (Å²) in [6.07, 6.45) is 5.79. The third-order valence-electron chi connectivity index (χ3n) is 5.60. The molecule has 3 N–H and O–H groups in total. The molecule has 0 spiro atoms. The average Bonchev–Trinajstić information content (AvgIpc) is 2.85. The predicted octanol–water partition coefficient (Wildman–Crippen LogP) is 5.68. The second kappa shape index (κ2) is 13.2. The number of hydrogen-bond acceptors (Lipinski definition) is 7. The van der Waals surface area contributed by atoms with Crippen molar-refractivity contribution in [1.82, 2.24) is 15.3 Å². The molecule has 0 amide bonds. The smallest absolute Gasteiger partial charge is 0.223 e. The molecule has 2 aromatic rings. The third-order valence-corrected chi connectivity index (χ3v) is 7.07. The normalized spacial score (nSPS) is 18.1. The molecule has 0 radical (unpaired) electrons. The van der Waals surface area contributed by atoms with Gasteiger partial charge in [0.25, 0.3) is 0 Å². The van der Waals surface area contributed by atoms with E-state index in [1.807, 2.05) is 20.8 Å². The summed E-state index contributed by atoms with van der Waals surface area (Å²) in [5, 5.41) is 6.74. The molecule has 2 heterocycles. The second-order valence-electron chi connectivity index (χ2n) is 8.66. The van der Waals surface area contributed by atoms with E-state index < -0.39 is 22.6 Å². The first-order chi connectivity index (χ1) is 17.2. The van der Waals surface area contributed by atoms with Gasteiger partial charge in [-0.2, -0.15) is 4.39 Å². The van der Waals surface area contributed by atoms with E-state index >= 15 is 0 Å². The zero-order valence-electron chi connectivity index (χ0n) is 21.0. The van der Waals surface area contributed by atoms with Gasteiger partial charge in [-0.25, -0.2) is 18.6 Å². The van der Waals surface area contributed by atoms with Gasteiger partial charge in [0, 0.05) is 31.0 Å². The lowest BCUT2D eigenvalue weighted by Crippen LogP contribution is -2.38. The quantitative estimate of drug-likeness (QED) is 0.318. The van der Waals surface area contributed by atoms with Gasteiger partial charge < -0.3 is 20.1 Å². The molecule has 1 aromatic carbocycles. The lowest BCUT2D eigenvalue weighted by atomic mass is 10.1. The number of hydrogen-bond donors (Lipinski definition) is 3. The van der Waals surface area contributed by atoms with Crippen LogP contribution in [0, 0.1) is 17.6 Å². The molecule has 3 rings (SSSR count). The van der Waals surface area contributed by atoms with Gasteiger partial charge in [0.15, 0.2) is 11.6 Å². The molecule has 7 nitrogen and oxygen atoms in total. The van der Waals surface area contributed by atoms with E-state index in [0.717, 1.165) is 30.8 Å². The van der Waals surface area contributed by atoms with E-state index in [0.29, 0.717) is 28.7 Å². The van der Waals surface area contributed by atoms with Crippen LogP contribution in [0.1, 0.15) is 45.7 Å². The van der Waals surface area contributed by atoms with Crippen LogP contribution in [-0.4, -0.2) is 39.6 Å². The molecule has 0 bridgehead atoms. The summed E-state index contributed by atoms with van der Waals surface area (Å²) in [4.78, 5) is 10.5. The maximum absolute atomic E-state index is 15.0. The van der Waals surface area contributed by atoms with Crippen LogP contribution in [0.3, 0.4) is 0 Å². The van der Waals surface area contributed by atoms with Crippen LogP contribution in [-0.2, 0) is 11.0 Å². The Morgan fingerprint density at radius 1 is 1.36 bits per heavy atom. The molecule has 1 aliphatic rings. The number of nitrogens with zero attached hydrogens (tertiary/aromatic N) is 2. The minimum Gasteiger partial charge on any atom is -0.457 e. The van der Waals surface area contributed by atoms with Gasteiger partial charge in [-0.15, -0.1) is 0 Å². The summed E-state index contributed by atoms with van der Waals surface area (Å²) >= 11 is 1.36. The third kappa shape index (κ3) is 7.50. The van der Waals surface area contributed by atoms with Gasteiger partial charge in [0.2, 0.25) is 11.8 Å². The van der Waals surface area contributed by atoms with Crippen molar-refractivity contribution in [3.63, 3.8) is 0 Å². The highest BCUT2D eigenvalue weighted by Gasteiger charge is 2.24. The molecule has 3 unspecified atom stereocenters. The monoisotopic (exact) mass is 537 g/mol. The van der Waals surface area contributed by atoms with Gasteiger partial charge >= 0.3 is 0 Å². The largest absolute Gasteiger partial charge is 0.457 e. The Balaban J connectivity index is 2.03.